The molecule has 2 aromatic carbocycles. The molecule has 0 spiro atoms. The molecular formula is C21H18N4O3S. The molecule has 29 heavy (non-hydrogen) atoms. The van der Waals surface area contributed by atoms with Crippen LogP contribution < -0.4 is 5.69 Å². The number of pyridine rings is 1. The van der Waals surface area contributed by atoms with Crippen LogP contribution in [0.4, 0.5) is 0 Å². The summed E-state index contributed by atoms with van der Waals surface area (Å²) in [5, 5.41) is 0.784. The number of aromatic nitrogens is 3. The van der Waals surface area contributed by atoms with Crippen LogP contribution in [0, 0.1) is 0 Å². The van der Waals surface area contributed by atoms with Crippen LogP contribution in [0.3, 0.4) is 0 Å². The summed E-state index contributed by atoms with van der Waals surface area (Å²) in [4.78, 5) is 19.7. The number of H-pyrrole nitrogens is 1. The number of benzene rings is 2. The van der Waals surface area contributed by atoms with E-state index in [4.69, 9.17) is 0 Å². The summed E-state index contributed by atoms with van der Waals surface area (Å²) in [5.74, 6) is 0. The third-order valence-corrected chi connectivity index (χ3v) is 7.13. The number of nitrogens with zero attached hydrogens (tertiary/aromatic N) is 3. The molecule has 1 N–H and O–H groups in total. The fraction of sp³-hybridized carbons (Fsp3) is 0.143. The van der Waals surface area contributed by atoms with Crippen LogP contribution in [-0.2, 0) is 10.0 Å². The summed E-state index contributed by atoms with van der Waals surface area (Å²) in [6.07, 6.45) is 3.85. The van der Waals surface area contributed by atoms with Crippen molar-refractivity contribution in [3.8, 4) is 0 Å². The van der Waals surface area contributed by atoms with Gasteiger partial charge in [-0.3, -0.25) is 9.55 Å². The number of nitrogens with one attached hydrogen (secondary N) is 1. The normalized spacial score (nSPS) is 15.7. The van der Waals surface area contributed by atoms with E-state index < -0.39 is 10.0 Å². The zero-order valence-corrected chi connectivity index (χ0v) is 16.3. The largest absolute Gasteiger partial charge is 0.330 e. The van der Waals surface area contributed by atoms with E-state index >= 15 is 0 Å². The van der Waals surface area contributed by atoms with Crippen molar-refractivity contribution in [1.29, 1.82) is 0 Å². The minimum atomic E-state index is -3.70. The molecule has 0 fully saturated rings. The summed E-state index contributed by atoms with van der Waals surface area (Å²) in [6.45, 7) is 0.496. The molecule has 1 aliphatic rings. The predicted octanol–water partition coefficient (Wildman–Crippen LogP) is 2.81. The van der Waals surface area contributed by atoms with E-state index in [0.29, 0.717) is 18.5 Å². The number of aromatic amines is 1. The van der Waals surface area contributed by atoms with Gasteiger partial charge in [-0.2, -0.15) is 4.31 Å². The minimum absolute atomic E-state index is 0.201. The van der Waals surface area contributed by atoms with Gasteiger partial charge in [0.2, 0.25) is 10.0 Å². The SMILES string of the molecule is O=c1[nH]c2ccccc2n1C1=CCN(S(=O)(=O)c2cccc3cccnc23)CC1. The van der Waals surface area contributed by atoms with Gasteiger partial charge >= 0.3 is 5.69 Å². The van der Waals surface area contributed by atoms with Crippen molar-refractivity contribution in [2.24, 2.45) is 0 Å². The molecule has 0 saturated heterocycles. The molecule has 0 aliphatic carbocycles. The maximum absolute atomic E-state index is 13.3. The Morgan fingerprint density at radius 2 is 1.83 bits per heavy atom. The zero-order chi connectivity index (χ0) is 20.0. The first-order valence-corrected chi connectivity index (χ1v) is 10.7. The van der Waals surface area contributed by atoms with Crippen molar-refractivity contribution in [3.05, 3.63) is 77.4 Å². The number of sulfonamides is 1. The van der Waals surface area contributed by atoms with Crippen LogP contribution in [0.5, 0.6) is 0 Å². The van der Waals surface area contributed by atoms with Gasteiger partial charge in [0.1, 0.15) is 4.90 Å². The molecule has 0 atom stereocenters. The molecule has 0 saturated carbocycles. The van der Waals surface area contributed by atoms with Crippen LogP contribution in [-0.4, -0.2) is 40.3 Å². The van der Waals surface area contributed by atoms with Gasteiger partial charge in [0, 0.05) is 36.8 Å². The van der Waals surface area contributed by atoms with E-state index in [1.54, 1.807) is 35.0 Å². The summed E-state index contributed by atoms with van der Waals surface area (Å²) >= 11 is 0. The summed E-state index contributed by atoms with van der Waals surface area (Å²) in [7, 11) is -3.70. The number of imidazole rings is 1. The molecule has 1 aliphatic heterocycles. The second-order valence-electron chi connectivity index (χ2n) is 6.92. The number of para-hydroxylation sites is 3. The third-order valence-electron chi connectivity index (χ3n) is 5.24. The lowest BCUT2D eigenvalue weighted by molar-refractivity contribution is 0.438. The second-order valence-corrected chi connectivity index (χ2v) is 8.83. The lowest BCUT2D eigenvalue weighted by Gasteiger charge is -2.26. The Morgan fingerprint density at radius 1 is 1.00 bits per heavy atom. The fourth-order valence-corrected chi connectivity index (χ4v) is 5.37. The molecule has 0 radical (unpaired) electrons. The van der Waals surface area contributed by atoms with Gasteiger partial charge in [0.15, 0.2) is 0 Å². The highest BCUT2D eigenvalue weighted by Crippen LogP contribution is 2.27. The van der Waals surface area contributed by atoms with E-state index in [9.17, 15) is 13.2 Å². The lowest BCUT2D eigenvalue weighted by Crippen LogP contribution is -2.36. The van der Waals surface area contributed by atoms with Gasteiger partial charge in [-0.05, 0) is 30.3 Å². The summed E-state index contributed by atoms with van der Waals surface area (Å²) in [5.41, 5.74) is 2.60. The van der Waals surface area contributed by atoms with E-state index in [-0.39, 0.29) is 17.1 Å². The Kier molecular flexibility index (Phi) is 4.11. The maximum Gasteiger partial charge on any atom is 0.330 e. The molecule has 4 aromatic rings. The van der Waals surface area contributed by atoms with Crippen LogP contribution >= 0.6 is 0 Å². The van der Waals surface area contributed by atoms with Crippen LogP contribution in [0.1, 0.15) is 6.42 Å². The van der Waals surface area contributed by atoms with Gasteiger partial charge in [-0.15, -0.1) is 0 Å². The Bertz CT molecular complexity index is 1430. The number of hydrogen-bond donors (Lipinski definition) is 1. The predicted molar refractivity (Wildman–Crippen MR) is 112 cm³/mol. The van der Waals surface area contributed by atoms with E-state index in [0.717, 1.165) is 22.1 Å². The van der Waals surface area contributed by atoms with Crippen molar-refractivity contribution in [3.63, 3.8) is 0 Å². The van der Waals surface area contributed by atoms with Crippen LogP contribution in [0.25, 0.3) is 27.6 Å². The van der Waals surface area contributed by atoms with Crippen molar-refractivity contribution in [2.75, 3.05) is 13.1 Å². The molecule has 5 rings (SSSR count). The zero-order valence-electron chi connectivity index (χ0n) is 15.4. The Morgan fingerprint density at radius 3 is 2.66 bits per heavy atom. The Labute approximate surface area is 167 Å². The minimum Gasteiger partial charge on any atom is -0.305 e. The molecule has 0 amide bonds. The summed E-state index contributed by atoms with van der Waals surface area (Å²) < 4.78 is 29.6. The number of rotatable bonds is 3. The topological polar surface area (TPSA) is 88.1 Å². The monoisotopic (exact) mass is 406 g/mol. The highest BCUT2D eigenvalue weighted by Gasteiger charge is 2.29. The van der Waals surface area contributed by atoms with Gasteiger partial charge in [-0.1, -0.05) is 30.3 Å². The highest BCUT2D eigenvalue weighted by atomic mass is 32.2. The molecule has 3 heterocycles. The van der Waals surface area contributed by atoms with Crippen molar-refractivity contribution in [2.45, 2.75) is 11.3 Å². The quantitative estimate of drug-likeness (QED) is 0.567. The second kappa shape index (κ2) is 6.68. The molecule has 7 nitrogen and oxygen atoms in total. The van der Waals surface area contributed by atoms with Crippen molar-refractivity contribution in [1.82, 2.24) is 18.8 Å². The fourth-order valence-electron chi connectivity index (χ4n) is 3.82. The summed E-state index contributed by atoms with van der Waals surface area (Å²) in [6, 6.07) is 16.3. The molecule has 2 aromatic heterocycles. The average Bonchev–Trinajstić information content (AvgIpc) is 3.09. The van der Waals surface area contributed by atoms with Gasteiger partial charge in [-0.25, -0.2) is 13.2 Å². The molecule has 146 valence electrons. The van der Waals surface area contributed by atoms with Crippen LogP contribution in [0.2, 0.25) is 0 Å². The number of fused-ring (bicyclic) bond motifs is 2. The maximum atomic E-state index is 13.3. The first-order chi connectivity index (χ1) is 14.1. The van der Waals surface area contributed by atoms with E-state index in [1.807, 2.05) is 36.4 Å². The molecule has 8 heteroatoms. The van der Waals surface area contributed by atoms with Crippen molar-refractivity contribution < 1.29 is 8.42 Å². The highest BCUT2D eigenvalue weighted by molar-refractivity contribution is 7.89. The standard InChI is InChI=1S/C21H18N4O3S/c26-21-23-17-7-1-2-8-18(17)25(21)16-10-13-24(14-11-16)29(27,28)19-9-3-5-15-6-4-12-22-20(15)19/h1-10,12H,11,13-14H2,(H,23,26). The molecule has 0 unspecified atom stereocenters. The van der Waals surface area contributed by atoms with Gasteiger partial charge < -0.3 is 4.98 Å². The Hall–Kier alpha value is -3.23. The van der Waals surface area contributed by atoms with Gasteiger partial charge in [0.25, 0.3) is 0 Å². The molecule has 0 bridgehead atoms. The van der Waals surface area contributed by atoms with E-state index in [2.05, 4.69) is 9.97 Å². The Balaban J connectivity index is 1.51. The van der Waals surface area contributed by atoms with E-state index in [1.165, 1.54) is 4.31 Å². The van der Waals surface area contributed by atoms with Gasteiger partial charge in [0.05, 0.1) is 16.6 Å². The third kappa shape index (κ3) is 2.88. The van der Waals surface area contributed by atoms with Crippen LogP contribution in [0.15, 0.2) is 76.6 Å². The smallest absolute Gasteiger partial charge is 0.305 e. The van der Waals surface area contributed by atoms with Crippen molar-refractivity contribution >= 4 is 37.7 Å². The first kappa shape index (κ1) is 17.8. The molecular weight excluding hydrogens is 388 g/mol. The number of hydrogen-bond acceptors (Lipinski definition) is 4. The average molecular weight is 406 g/mol. The lowest BCUT2D eigenvalue weighted by atomic mass is 10.2. The first-order valence-electron chi connectivity index (χ1n) is 9.29.